The van der Waals surface area contributed by atoms with Crippen molar-refractivity contribution < 1.29 is 19.1 Å². The molecule has 1 aliphatic heterocycles. The molecule has 1 atom stereocenters. The number of likely N-dealkylation sites (tertiary alicyclic amines) is 1. The lowest BCUT2D eigenvalue weighted by atomic mass is 10.1. The number of esters is 1. The van der Waals surface area contributed by atoms with Crippen LogP contribution < -0.4 is 0 Å². The van der Waals surface area contributed by atoms with Gasteiger partial charge in [-0.05, 0) is 26.7 Å². The van der Waals surface area contributed by atoms with Gasteiger partial charge in [0.15, 0.2) is 0 Å². The lowest BCUT2D eigenvalue weighted by molar-refractivity contribution is 0.00705. The molecule has 1 amide bonds. The van der Waals surface area contributed by atoms with E-state index in [4.69, 9.17) is 9.47 Å². The quantitative estimate of drug-likeness (QED) is 0.777. The van der Waals surface area contributed by atoms with Crippen LogP contribution in [0.3, 0.4) is 0 Å². The minimum atomic E-state index is -0.479. The van der Waals surface area contributed by atoms with Crippen LogP contribution in [-0.2, 0) is 9.47 Å². The Labute approximate surface area is 128 Å². The fourth-order valence-electron chi connectivity index (χ4n) is 2.31. The number of nitrogens with zero attached hydrogens (tertiary/aromatic N) is 2. The van der Waals surface area contributed by atoms with Crippen molar-refractivity contribution in [2.24, 2.45) is 0 Å². The van der Waals surface area contributed by atoms with Crippen molar-refractivity contribution in [3.63, 3.8) is 0 Å². The maximum absolute atomic E-state index is 12.4. The van der Waals surface area contributed by atoms with Gasteiger partial charge < -0.3 is 14.4 Å². The minimum Gasteiger partial charge on any atom is -0.461 e. The van der Waals surface area contributed by atoms with E-state index in [-0.39, 0.29) is 17.0 Å². The molecule has 1 fully saturated rings. The summed E-state index contributed by atoms with van der Waals surface area (Å²) < 4.78 is 10.5. The molecule has 0 aliphatic carbocycles. The van der Waals surface area contributed by atoms with E-state index in [0.29, 0.717) is 32.0 Å². The molecule has 2 rings (SSSR count). The highest BCUT2D eigenvalue weighted by atomic mass is 32.1. The highest BCUT2D eigenvalue weighted by Gasteiger charge is 2.26. The molecule has 6 nitrogen and oxygen atoms in total. The molecule has 0 spiro atoms. The Morgan fingerprint density at radius 1 is 1.43 bits per heavy atom. The van der Waals surface area contributed by atoms with Gasteiger partial charge in [-0.25, -0.2) is 9.78 Å². The van der Waals surface area contributed by atoms with E-state index < -0.39 is 5.97 Å². The number of carbonyl (C=O) groups is 2. The highest BCUT2D eigenvalue weighted by Crippen LogP contribution is 2.18. The van der Waals surface area contributed by atoms with E-state index in [1.165, 1.54) is 0 Å². The summed E-state index contributed by atoms with van der Waals surface area (Å²) in [4.78, 5) is 29.8. The molecular weight excluding hydrogens is 292 g/mol. The fourth-order valence-corrected chi connectivity index (χ4v) is 3.00. The Morgan fingerprint density at radius 2 is 2.24 bits per heavy atom. The van der Waals surface area contributed by atoms with Crippen LogP contribution in [-0.4, -0.2) is 54.2 Å². The Morgan fingerprint density at radius 3 is 2.95 bits per heavy atom. The third-order valence-corrected chi connectivity index (χ3v) is 4.06. The number of aromatic nitrogens is 1. The minimum absolute atomic E-state index is 0.0934. The molecule has 0 aromatic carbocycles. The summed E-state index contributed by atoms with van der Waals surface area (Å²) in [7, 11) is 0. The Bertz CT molecular complexity index is 501. The van der Waals surface area contributed by atoms with Gasteiger partial charge >= 0.3 is 5.97 Å². The summed E-state index contributed by atoms with van der Waals surface area (Å²) >= 11 is 1.14. The van der Waals surface area contributed by atoms with Crippen molar-refractivity contribution in [1.29, 1.82) is 0 Å². The smallest absolute Gasteiger partial charge is 0.367 e. The molecule has 1 aliphatic rings. The van der Waals surface area contributed by atoms with Crippen LogP contribution in [0.2, 0.25) is 0 Å². The Hall–Kier alpha value is -1.47. The van der Waals surface area contributed by atoms with Gasteiger partial charge in [-0.1, -0.05) is 0 Å². The van der Waals surface area contributed by atoms with Crippen LogP contribution >= 0.6 is 11.3 Å². The summed E-state index contributed by atoms with van der Waals surface area (Å²) in [6.45, 7) is 5.92. The van der Waals surface area contributed by atoms with Gasteiger partial charge in [0.05, 0.1) is 12.7 Å². The molecule has 2 heterocycles. The summed E-state index contributed by atoms with van der Waals surface area (Å²) in [5.41, 5.74) is 0.306. The number of rotatable bonds is 5. The number of thiazole rings is 1. The zero-order valence-electron chi connectivity index (χ0n) is 12.3. The molecule has 1 unspecified atom stereocenters. The van der Waals surface area contributed by atoms with Gasteiger partial charge in [-0.15, -0.1) is 11.3 Å². The number of amides is 1. The normalized spacial score (nSPS) is 18.6. The van der Waals surface area contributed by atoms with Crippen molar-refractivity contribution in [2.45, 2.75) is 32.8 Å². The summed E-state index contributed by atoms with van der Waals surface area (Å²) in [5.74, 6) is -0.626. The van der Waals surface area contributed by atoms with Gasteiger partial charge in [0.25, 0.3) is 5.91 Å². The molecular formula is C14H20N2O4S. The van der Waals surface area contributed by atoms with E-state index >= 15 is 0 Å². The molecule has 21 heavy (non-hydrogen) atoms. The van der Waals surface area contributed by atoms with Gasteiger partial charge in [0.1, 0.15) is 5.69 Å². The van der Waals surface area contributed by atoms with E-state index in [9.17, 15) is 9.59 Å². The second-order valence-electron chi connectivity index (χ2n) is 4.73. The Kier molecular flexibility index (Phi) is 5.69. The van der Waals surface area contributed by atoms with Gasteiger partial charge in [0, 0.05) is 25.1 Å². The van der Waals surface area contributed by atoms with Gasteiger partial charge in [-0.2, -0.15) is 0 Å². The molecule has 0 radical (unpaired) electrons. The number of hydrogen-bond donors (Lipinski definition) is 0. The van der Waals surface area contributed by atoms with Gasteiger partial charge in [-0.3, -0.25) is 4.79 Å². The average molecular weight is 312 g/mol. The van der Waals surface area contributed by atoms with Crippen LogP contribution in [0.5, 0.6) is 0 Å². The maximum Gasteiger partial charge on any atom is 0.367 e. The van der Waals surface area contributed by atoms with Crippen molar-refractivity contribution in [2.75, 3.05) is 26.3 Å². The topological polar surface area (TPSA) is 68.7 Å². The fraction of sp³-hybridized carbons (Fsp3) is 0.643. The first-order valence-electron chi connectivity index (χ1n) is 7.19. The Balaban J connectivity index is 2.01. The lowest BCUT2D eigenvalue weighted by Crippen LogP contribution is -2.43. The molecule has 0 bridgehead atoms. The summed E-state index contributed by atoms with van der Waals surface area (Å²) in [5, 5.41) is 1.83. The first-order valence-corrected chi connectivity index (χ1v) is 8.07. The highest BCUT2D eigenvalue weighted by molar-refractivity contribution is 7.11. The van der Waals surface area contributed by atoms with E-state index in [2.05, 4.69) is 4.98 Å². The van der Waals surface area contributed by atoms with Crippen molar-refractivity contribution in [3.8, 4) is 0 Å². The monoisotopic (exact) mass is 312 g/mol. The molecule has 1 saturated heterocycles. The second-order valence-corrected chi connectivity index (χ2v) is 5.59. The zero-order chi connectivity index (χ0) is 15.2. The van der Waals surface area contributed by atoms with Crippen LogP contribution in [0, 0.1) is 0 Å². The number of hydrogen-bond acceptors (Lipinski definition) is 6. The number of carbonyl (C=O) groups excluding carboxylic acids is 2. The average Bonchev–Trinajstić information content (AvgIpc) is 2.97. The third kappa shape index (κ3) is 4.01. The van der Waals surface area contributed by atoms with E-state index in [1.807, 2.05) is 6.92 Å². The first kappa shape index (κ1) is 15.9. The van der Waals surface area contributed by atoms with Crippen LogP contribution in [0.4, 0.5) is 0 Å². The predicted octanol–water partition coefficient (Wildman–Crippen LogP) is 1.96. The second kappa shape index (κ2) is 7.51. The number of piperidine rings is 1. The van der Waals surface area contributed by atoms with E-state index in [1.54, 1.807) is 17.2 Å². The van der Waals surface area contributed by atoms with Crippen molar-refractivity contribution in [1.82, 2.24) is 9.88 Å². The molecule has 0 N–H and O–H groups in total. The largest absolute Gasteiger partial charge is 0.461 e. The first-order chi connectivity index (χ1) is 10.2. The zero-order valence-corrected chi connectivity index (χ0v) is 13.1. The SMILES string of the molecule is CCOC(=O)c1nc(C(=O)N2CCCC(OCC)C2)cs1. The predicted molar refractivity (Wildman–Crippen MR) is 78.6 cm³/mol. The van der Waals surface area contributed by atoms with Crippen LogP contribution in [0.1, 0.15) is 47.0 Å². The van der Waals surface area contributed by atoms with Crippen LogP contribution in [0.15, 0.2) is 5.38 Å². The van der Waals surface area contributed by atoms with E-state index in [0.717, 1.165) is 24.2 Å². The van der Waals surface area contributed by atoms with Crippen molar-refractivity contribution >= 4 is 23.2 Å². The molecule has 1 aromatic heterocycles. The maximum atomic E-state index is 12.4. The lowest BCUT2D eigenvalue weighted by Gasteiger charge is -2.32. The standard InChI is InChI=1S/C14H20N2O4S/c1-3-19-10-6-5-7-16(8-10)13(17)11-9-21-12(15-11)14(18)20-4-2/h9-10H,3-8H2,1-2H3. The van der Waals surface area contributed by atoms with Crippen molar-refractivity contribution in [3.05, 3.63) is 16.1 Å². The molecule has 116 valence electrons. The van der Waals surface area contributed by atoms with Gasteiger partial charge in [0.2, 0.25) is 5.01 Å². The number of ether oxygens (including phenoxy) is 2. The molecule has 1 aromatic rings. The third-order valence-electron chi connectivity index (χ3n) is 3.24. The summed E-state index contributed by atoms with van der Waals surface area (Å²) in [6, 6.07) is 0. The summed E-state index contributed by atoms with van der Waals surface area (Å²) in [6.07, 6.45) is 1.99. The van der Waals surface area contributed by atoms with Crippen LogP contribution in [0.25, 0.3) is 0 Å². The molecule has 0 saturated carbocycles. The molecule has 7 heteroatoms.